The second-order valence-electron chi connectivity index (χ2n) is 4.62. The Morgan fingerprint density at radius 1 is 1.21 bits per heavy atom. The van der Waals surface area contributed by atoms with Gasteiger partial charge in [-0.2, -0.15) is 0 Å². The minimum absolute atomic E-state index is 0.135. The van der Waals surface area contributed by atoms with Crippen molar-refractivity contribution in [2.75, 3.05) is 5.73 Å². The van der Waals surface area contributed by atoms with Gasteiger partial charge in [-0.1, -0.05) is 37.3 Å². The van der Waals surface area contributed by atoms with Gasteiger partial charge >= 0.3 is 0 Å². The molecule has 0 fully saturated rings. The summed E-state index contributed by atoms with van der Waals surface area (Å²) in [4.78, 5) is 0. The first-order chi connectivity index (χ1) is 9.10. The van der Waals surface area contributed by atoms with Crippen LogP contribution in [0.4, 0.5) is 5.13 Å². The van der Waals surface area contributed by atoms with Crippen molar-refractivity contribution in [3.05, 3.63) is 34.8 Å². The molecule has 0 aliphatic heterocycles. The fourth-order valence-electron chi connectivity index (χ4n) is 1.78. The van der Waals surface area contributed by atoms with E-state index in [1.165, 1.54) is 16.9 Å². The molecule has 0 aliphatic rings. The van der Waals surface area contributed by atoms with Crippen LogP contribution in [-0.2, 0) is 0 Å². The third-order valence-corrected chi connectivity index (χ3v) is 4.09. The van der Waals surface area contributed by atoms with Gasteiger partial charge in [0.05, 0.1) is 0 Å². The number of nitrogen functional groups attached to an aromatic ring is 1. The van der Waals surface area contributed by atoms with Crippen molar-refractivity contribution in [2.24, 2.45) is 0 Å². The second kappa shape index (κ2) is 6.02. The molecule has 1 aromatic heterocycles. The maximum absolute atomic E-state index is 5.83. The number of nitrogens with zero attached hydrogens (tertiary/aromatic N) is 2. The highest BCUT2D eigenvalue weighted by molar-refractivity contribution is 7.15. The van der Waals surface area contributed by atoms with Gasteiger partial charge in [0, 0.05) is 0 Å². The van der Waals surface area contributed by atoms with Gasteiger partial charge in [0.2, 0.25) is 5.13 Å². The van der Waals surface area contributed by atoms with E-state index in [2.05, 4.69) is 36.2 Å². The fraction of sp³-hybridized carbons (Fsp3) is 0.429. The van der Waals surface area contributed by atoms with Crippen LogP contribution in [0.25, 0.3) is 0 Å². The lowest BCUT2D eigenvalue weighted by atomic mass is 9.99. The molecule has 2 rings (SSSR count). The lowest BCUT2D eigenvalue weighted by molar-refractivity contribution is 0.225. The number of anilines is 1. The summed E-state index contributed by atoms with van der Waals surface area (Å²) < 4.78 is 5.83. The predicted molar refractivity (Wildman–Crippen MR) is 78.5 cm³/mol. The fourth-order valence-corrected chi connectivity index (χ4v) is 2.37. The van der Waals surface area contributed by atoms with Crippen LogP contribution in [0.1, 0.15) is 49.8 Å². The van der Waals surface area contributed by atoms with Gasteiger partial charge in [0.25, 0.3) is 0 Å². The summed E-state index contributed by atoms with van der Waals surface area (Å²) in [6, 6.07) is 8.24. The summed E-state index contributed by atoms with van der Waals surface area (Å²) in [6.07, 6.45) is 1.00. The van der Waals surface area contributed by atoms with Gasteiger partial charge in [-0.3, -0.25) is 0 Å². The molecule has 1 aromatic carbocycles. The van der Waals surface area contributed by atoms with Crippen LogP contribution < -0.4 is 10.5 Å². The number of benzene rings is 1. The Hall–Kier alpha value is -1.62. The molecule has 2 N–H and O–H groups in total. The summed E-state index contributed by atoms with van der Waals surface area (Å²) in [5.41, 5.74) is 6.90. The van der Waals surface area contributed by atoms with Crippen molar-refractivity contribution in [1.82, 2.24) is 10.2 Å². The van der Waals surface area contributed by atoms with Gasteiger partial charge in [0.1, 0.15) is 11.9 Å². The topological polar surface area (TPSA) is 61.0 Å². The highest BCUT2D eigenvalue weighted by Gasteiger charge is 2.13. The molecule has 2 atom stereocenters. The second-order valence-corrected chi connectivity index (χ2v) is 5.66. The zero-order chi connectivity index (χ0) is 13.8. The molecule has 2 unspecified atom stereocenters. The van der Waals surface area contributed by atoms with Crippen molar-refractivity contribution in [3.63, 3.8) is 0 Å². The average Bonchev–Trinajstić information content (AvgIpc) is 2.85. The van der Waals surface area contributed by atoms with Crippen LogP contribution in [-0.4, -0.2) is 10.2 Å². The molecule has 1 heterocycles. The van der Waals surface area contributed by atoms with Crippen molar-refractivity contribution in [3.8, 4) is 5.75 Å². The standard InChI is InChI=1S/C14H19N3OS/c1-4-9(2)11-5-7-12(8-6-11)18-10(3)13-16-17-14(15)19-13/h5-10H,4H2,1-3H3,(H2,15,17). The quantitative estimate of drug-likeness (QED) is 0.903. The zero-order valence-corrected chi connectivity index (χ0v) is 12.3. The Morgan fingerprint density at radius 2 is 1.89 bits per heavy atom. The number of ether oxygens (including phenoxy) is 1. The van der Waals surface area contributed by atoms with Gasteiger partial charge in [0.15, 0.2) is 5.01 Å². The Morgan fingerprint density at radius 3 is 2.42 bits per heavy atom. The maximum atomic E-state index is 5.83. The van der Waals surface area contributed by atoms with Crippen LogP contribution in [0, 0.1) is 0 Å². The Balaban J connectivity index is 2.03. The van der Waals surface area contributed by atoms with E-state index < -0.39 is 0 Å². The monoisotopic (exact) mass is 277 g/mol. The van der Waals surface area contributed by atoms with Crippen molar-refractivity contribution >= 4 is 16.5 Å². The zero-order valence-electron chi connectivity index (χ0n) is 11.5. The lowest BCUT2D eigenvalue weighted by Crippen LogP contribution is -2.03. The molecule has 0 amide bonds. The van der Waals surface area contributed by atoms with E-state index in [-0.39, 0.29) is 6.10 Å². The van der Waals surface area contributed by atoms with Crippen molar-refractivity contribution in [2.45, 2.75) is 39.2 Å². The van der Waals surface area contributed by atoms with Gasteiger partial charge in [-0.25, -0.2) is 0 Å². The van der Waals surface area contributed by atoms with E-state index in [4.69, 9.17) is 10.5 Å². The van der Waals surface area contributed by atoms with Gasteiger partial charge < -0.3 is 10.5 Å². The molecule has 4 nitrogen and oxygen atoms in total. The first-order valence-electron chi connectivity index (χ1n) is 6.45. The van der Waals surface area contributed by atoms with Crippen LogP contribution >= 0.6 is 11.3 Å². The normalized spacial score (nSPS) is 14.1. The molecule has 0 radical (unpaired) electrons. The number of hydrogen-bond donors (Lipinski definition) is 1. The van der Waals surface area contributed by atoms with Crippen molar-refractivity contribution in [1.29, 1.82) is 0 Å². The molecule has 0 spiro atoms. The maximum Gasteiger partial charge on any atom is 0.203 e. The van der Waals surface area contributed by atoms with E-state index in [1.807, 2.05) is 19.1 Å². The number of nitrogens with two attached hydrogens (primary N) is 1. The summed E-state index contributed by atoms with van der Waals surface area (Å²) in [7, 11) is 0. The summed E-state index contributed by atoms with van der Waals surface area (Å²) >= 11 is 1.36. The highest BCUT2D eigenvalue weighted by atomic mass is 32.1. The molecule has 2 aromatic rings. The molecule has 19 heavy (non-hydrogen) atoms. The van der Waals surface area contributed by atoms with Gasteiger partial charge in [-0.05, 0) is 37.0 Å². The van der Waals surface area contributed by atoms with E-state index in [0.29, 0.717) is 11.0 Å². The van der Waals surface area contributed by atoms with Crippen LogP contribution in [0.5, 0.6) is 5.75 Å². The molecular weight excluding hydrogens is 258 g/mol. The summed E-state index contributed by atoms with van der Waals surface area (Å²) in [5.74, 6) is 1.42. The molecular formula is C14H19N3OS. The number of hydrogen-bond acceptors (Lipinski definition) is 5. The molecule has 5 heteroatoms. The van der Waals surface area contributed by atoms with E-state index in [9.17, 15) is 0 Å². The van der Waals surface area contributed by atoms with E-state index in [0.717, 1.165) is 17.2 Å². The minimum Gasteiger partial charge on any atom is -0.483 e. The first-order valence-corrected chi connectivity index (χ1v) is 7.27. The lowest BCUT2D eigenvalue weighted by Gasteiger charge is -2.13. The molecule has 0 saturated heterocycles. The predicted octanol–water partition coefficient (Wildman–Crippen LogP) is 3.77. The third-order valence-electron chi connectivity index (χ3n) is 3.18. The smallest absolute Gasteiger partial charge is 0.203 e. The molecule has 102 valence electrons. The Labute approximate surface area is 117 Å². The highest BCUT2D eigenvalue weighted by Crippen LogP contribution is 2.26. The minimum atomic E-state index is -0.135. The molecule has 0 bridgehead atoms. The Bertz CT molecular complexity index is 524. The molecule has 0 aliphatic carbocycles. The Kier molecular flexibility index (Phi) is 4.37. The first kappa shape index (κ1) is 13.8. The summed E-state index contributed by atoms with van der Waals surface area (Å²) in [5, 5.41) is 9.05. The van der Waals surface area contributed by atoms with Crippen molar-refractivity contribution < 1.29 is 4.74 Å². The largest absolute Gasteiger partial charge is 0.483 e. The van der Waals surface area contributed by atoms with E-state index in [1.54, 1.807) is 0 Å². The molecule has 0 saturated carbocycles. The number of rotatable bonds is 5. The summed E-state index contributed by atoms with van der Waals surface area (Å²) in [6.45, 7) is 6.36. The van der Waals surface area contributed by atoms with Crippen LogP contribution in [0.15, 0.2) is 24.3 Å². The number of aromatic nitrogens is 2. The van der Waals surface area contributed by atoms with Crippen LogP contribution in [0.2, 0.25) is 0 Å². The third kappa shape index (κ3) is 3.44. The van der Waals surface area contributed by atoms with Gasteiger partial charge in [-0.15, -0.1) is 10.2 Å². The SMILES string of the molecule is CCC(C)c1ccc(OC(C)c2nnc(N)s2)cc1. The van der Waals surface area contributed by atoms with Crippen LogP contribution in [0.3, 0.4) is 0 Å². The van der Waals surface area contributed by atoms with E-state index >= 15 is 0 Å². The average molecular weight is 277 g/mol.